The van der Waals surface area contributed by atoms with Gasteiger partial charge in [-0.05, 0) is 142 Å². The van der Waals surface area contributed by atoms with Gasteiger partial charge in [0.15, 0.2) is 19.0 Å². The Morgan fingerprint density at radius 1 is 0.779 bits per heavy atom. The van der Waals surface area contributed by atoms with Crippen LogP contribution < -0.4 is 4.90 Å². The molecule has 0 amide bonds. The fraction of sp³-hybridized carbons (Fsp3) is 0.406. The number of benzene rings is 4. The molecule has 4 heteroatoms. The van der Waals surface area contributed by atoms with Crippen LogP contribution in [0.4, 0.5) is 5.69 Å². The van der Waals surface area contributed by atoms with Gasteiger partial charge in [0.25, 0.3) is 0 Å². The minimum atomic E-state index is 0.196. The Morgan fingerprint density at radius 3 is 2.04 bits per heavy atom. The zero-order chi connectivity index (χ0) is 48.6. The summed E-state index contributed by atoms with van der Waals surface area (Å²) in [7, 11) is 2.25. The first kappa shape index (κ1) is 50.1. The van der Waals surface area contributed by atoms with Crippen LogP contribution in [0.5, 0.6) is 0 Å². The molecule has 2 unspecified atom stereocenters. The summed E-state index contributed by atoms with van der Waals surface area (Å²) in [5, 5.41) is 0. The van der Waals surface area contributed by atoms with Crippen LogP contribution in [0.25, 0.3) is 33.8 Å². The van der Waals surface area contributed by atoms with Gasteiger partial charge in [0.05, 0.1) is 17.8 Å². The van der Waals surface area contributed by atoms with Crippen LogP contribution in [0.3, 0.4) is 0 Å². The molecular weight excluding hydrogens is 825 g/mol. The van der Waals surface area contributed by atoms with Gasteiger partial charge in [0.1, 0.15) is 5.82 Å². The Bertz CT molecular complexity index is 2650. The van der Waals surface area contributed by atoms with E-state index >= 15 is 0 Å². The van der Waals surface area contributed by atoms with E-state index in [1.165, 1.54) is 91.9 Å². The highest BCUT2D eigenvalue weighted by Gasteiger charge is 2.30. The van der Waals surface area contributed by atoms with Crippen LogP contribution in [0.2, 0.25) is 0 Å². The molecule has 0 saturated heterocycles. The van der Waals surface area contributed by atoms with E-state index in [0.29, 0.717) is 42.1 Å². The zero-order valence-electron chi connectivity index (χ0n) is 43.9. The van der Waals surface area contributed by atoms with Gasteiger partial charge in [-0.2, -0.15) is 0 Å². The molecule has 0 spiro atoms. The molecule has 3 aliphatic rings. The Labute approximate surface area is 411 Å². The van der Waals surface area contributed by atoms with Gasteiger partial charge in [-0.3, -0.25) is 4.57 Å². The number of hydrogen-bond donors (Lipinski definition) is 0. The summed E-state index contributed by atoms with van der Waals surface area (Å²) in [6.45, 7) is 28.0. The highest BCUT2D eigenvalue weighted by Crippen LogP contribution is 2.48. The second-order valence-corrected chi connectivity index (χ2v) is 21.0. The number of anilines is 1. The average Bonchev–Trinajstić information content (AvgIpc) is 4.07. The molecule has 4 aromatic carbocycles. The third-order valence-electron chi connectivity index (χ3n) is 13.9. The molecule has 2 atom stereocenters. The van der Waals surface area contributed by atoms with E-state index in [0.717, 1.165) is 24.2 Å². The van der Waals surface area contributed by atoms with E-state index in [9.17, 15) is 0 Å². The van der Waals surface area contributed by atoms with Crippen LogP contribution in [-0.4, -0.2) is 27.4 Å². The lowest BCUT2D eigenvalue weighted by Crippen LogP contribution is -2.18. The van der Waals surface area contributed by atoms with Gasteiger partial charge in [-0.1, -0.05) is 173 Å². The average molecular weight is 906 g/mol. The van der Waals surface area contributed by atoms with Crippen molar-refractivity contribution in [3.05, 3.63) is 179 Å². The van der Waals surface area contributed by atoms with E-state index in [1.54, 1.807) is 0 Å². The standard InChI is InChI=1S/C61H73N4.C3H8/c1-40(2)47-23-25-49(26-24-47)52-35-56(42(5)6)60(57(36-52)43(7)8)65-30-29-62-61(65)54-20-16-15-19-51(54)39-64(38-46-22-21-44(9)45(10)33-46)32-31-63(11)59-55(41(3)4)34-53(37-58(59)50-27-28-50)48-17-13-12-14-18-48;1-3-2/h13,15-26,29-38,40-44,46,50H,12,14,27-28,39H2,1-11H3;3H2,1-2H3/q+1;/b32-31-,64-38?;. The van der Waals surface area contributed by atoms with E-state index in [-0.39, 0.29) is 5.92 Å². The Balaban J connectivity index is 0.00000222. The molecule has 3 aliphatic carbocycles. The fourth-order valence-corrected chi connectivity index (χ4v) is 9.74. The highest BCUT2D eigenvalue weighted by molar-refractivity contribution is 5.79. The van der Waals surface area contributed by atoms with Crippen LogP contribution in [0, 0.1) is 11.8 Å². The van der Waals surface area contributed by atoms with Crippen LogP contribution >= 0.6 is 0 Å². The van der Waals surface area contributed by atoms with Crippen molar-refractivity contribution in [2.45, 2.75) is 151 Å². The zero-order valence-corrected chi connectivity index (χ0v) is 43.9. The monoisotopic (exact) mass is 906 g/mol. The van der Waals surface area contributed by atoms with Gasteiger partial charge >= 0.3 is 0 Å². The number of aromatic nitrogens is 2. The summed E-state index contributed by atoms with van der Waals surface area (Å²) in [6.07, 6.45) is 31.4. The molecule has 8 rings (SSSR count). The summed E-state index contributed by atoms with van der Waals surface area (Å²) < 4.78 is 4.79. The summed E-state index contributed by atoms with van der Waals surface area (Å²) in [6, 6.07) is 27.9. The Kier molecular flexibility index (Phi) is 16.6. The number of allylic oxidation sites excluding steroid dienone is 8. The predicted molar refractivity (Wildman–Crippen MR) is 295 cm³/mol. The molecule has 356 valence electrons. The van der Waals surface area contributed by atoms with E-state index in [4.69, 9.17) is 4.98 Å². The van der Waals surface area contributed by atoms with Gasteiger partial charge in [-0.25, -0.2) is 9.56 Å². The normalized spacial score (nSPS) is 17.3. The topological polar surface area (TPSA) is 24.1 Å². The molecule has 0 bridgehead atoms. The maximum absolute atomic E-state index is 5.16. The number of imidazole rings is 1. The number of hydrogen-bond acceptors (Lipinski definition) is 2. The first-order valence-corrected chi connectivity index (χ1v) is 26.0. The van der Waals surface area contributed by atoms with Crippen molar-refractivity contribution in [3.63, 3.8) is 0 Å². The molecule has 0 radical (unpaired) electrons. The quantitative estimate of drug-likeness (QED) is 0.0594. The van der Waals surface area contributed by atoms with E-state index in [2.05, 4.69) is 238 Å². The van der Waals surface area contributed by atoms with Crippen molar-refractivity contribution in [2.75, 3.05) is 11.9 Å². The van der Waals surface area contributed by atoms with Crippen LogP contribution in [0.1, 0.15) is 184 Å². The molecule has 1 heterocycles. The molecule has 0 aliphatic heterocycles. The predicted octanol–water partition coefficient (Wildman–Crippen LogP) is 17.7. The molecule has 1 fully saturated rings. The van der Waals surface area contributed by atoms with Gasteiger partial charge in [-0.15, -0.1) is 0 Å². The lowest BCUT2D eigenvalue weighted by atomic mass is 9.87. The van der Waals surface area contributed by atoms with E-state index < -0.39 is 0 Å². The Hall–Kier alpha value is -5.74. The van der Waals surface area contributed by atoms with Gasteiger partial charge < -0.3 is 4.90 Å². The maximum atomic E-state index is 5.16. The first-order chi connectivity index (χ1) is 32.7. The van der Waals surface area contributed by atoms with Crippen molar-refractivity contribution in [1.29, 1.82) is 0 Å². The third kappa shape index (κ3) is 11.7. The minimum Gasteiger partial charge on any atom is -0.345 e. The van der Waals surface area contributed by atoms with Crippen LogP contribution in [0.15, 0.2) is 140 Å². The summed E-state index contributed by atoms with van der Waals surface area (Å²) in [4.78, 5) is 7.57. The fourth-order valence-electron chi connectivity index (χ4n) is 9.74. The van der Waals surface area contributed by atoms with Crippen molar-refractivity contribution in [2.24, 2.45) is 11.8 Å². The van der Waals surface area contributed by atoms with Gasteiger partial charge in [0, 0.05) is 36.3 Å². The van der Waals surface area contributed by atoms with Crippen molar-refractivity contribution < 1.29 is 4.58 Å². The van der Waals surface area contributed by atoms with E-state index in [1.807, 2.05) is 6.20 Å². The molecule has 68 heavy (non-hydrogen) atoms. The number of rotatable bonds is 15. The first-order valence-electron chi connectivity index (χ1n) is 26.0. The highest BCUT2D eigenvalue weighted by atomic mass is 15.1. The van der Waals surface area contributed by atoms with Gasteiger partial charge in [0.2, 0.25) is 0 Å². The summed E-state index contributed by atoms with van der Waals surface area (Å²) in [5.41, 5.74) is 18.6. The van der Waals surface area contributed by atoms with Crippen LogP contribution in [-0.2, 0) is 6.54 Å². The van der Waals surface area contributed by atoms with Crippen molar-refractivity contribution in [3.8, 4) is 28.2 Å². The lowest BCUT2D eigenvalue weighted by molar-refractivity contribution is -0.471. The SMILES string of the molecule is CC1=CC(C=[N+](/C=C\N(C)c2c(C(C)C)cc(C3=CCCC=C3)cc2C2CC2)Cc2ccccc2-c2nccn2-c2c(C(C)C)cc(-c3ccc(C(C)C)cc3)cc2C(C)C)C=CC1C.CCC. The lowest BCUT2D eigenvalue weighted by Gasteiger charge is -2.26. The molecule has 4 nitrogen and oxygen atoms in total. The molecule has 5 aromatic rings. The second kappa shape index (κ2) is 22.6. The maximum Gasteiger partial charge on any atom is 0.185 e. The van der Waals surface area contributed by atoms with Crippen molar-refractivity contribution >= 4 is 17.5 Å². The molecule has 0 N–H and O–H groups in total. The molecule has 1 saturated carbocycles. The second-order valence-electron chi connectivity index (χ2n) is 21.0. The summed E-state index contributed by atoms with van der Waals surface area (Å²) >= 11 is 0. The third-order valence-corrected chi connectivity index (χ3v) is 13.9. The van der Waals surface area contributed by atoms with Crippen molar-refractivity contribution in [1.82, 2.24) is 9.55 Å². The summed E-state index contributed by atoms with van der Waals surface area (Å²) in [5.74, 6) is 3.77. The number of nitrogens with zero attached hydrogens (tertiary/aromatic N) is 4. The smallest absolute Gasteiger partial charge is 0.185 e. The Morgan fingerprint density at radius 2 is 1.44 bits per heavy atom. The minimum absolute atomic E-state index is 0.196. The largest absolute Gasteiger partial charge is 0.345 e. The molecule has 1 aromatic heterocycles. The molecular formula is C64H81N4+.